The van der Waals surface area contributed by atoms with Gasteiger partial charge in [0.25, 0.3) is 0 Å². The minimum Gasteiger partial charge on any atom is -0.496 e. The van der Waals surface area contributed by atoms with Gasteiger partial charge in [0, 0.05) is 6.04 Å². The summed E-state index contributed by atoms with van der Waals surface area (Å²) in [6, 6.07) is 12.5. The number of rotatable bonds is 5. The van der Waals surface area contributed by atoms with E-state index >= 15 is 0 Å². The van der Waals surface area contributed by atoms with Crippen molar-refractivity contribution in [1.29, 1.82) is 0 Å². The fourth-order valence-electron chi connectivity index (χ4n) is 3.94. The van der Waals surface area contributed by atoms with Crippen molar-refractivity contribution in [3.8, 4) is 22.8 Å². The molecule has 0 saturated carbocycles. The predicted molar refractivity (Wildman–Crippen MR) is 109 cm³/mol. The summed E-state index contributed by atoms with van der Waals surface area (Å²) < 4.78 is 5.33. The Morgan fingerprint density at radius 3 is 2.55 bits per heavy atom. The molecule has 1 aromatic heterocycles. The van der Waals surface area contributed by atoms with Crippen molar-refractivity contribution in [3.05, 3.63) is 69.3 Å². The van der Waals surface area contributed by atoms with E-state index in [2.05, 4.69) is 39.6 Å². The Morgan fingerprint density at radius 1 is 1.14 bits per heavy atom. The van der Waals surface area contributed by atoms with Crippen molar-refractivity contribution in [2.45, 2.75) is 32.2 Å². The number of amides is 1. The summed E-state index contributed by atoms with van der Waals surface area (Å²) in [4.78, 5) is 28.1. The van der Waals surface area contributed by atoms with E-state index in [1.807, 2.05) is 19.1 Å². The number of fused-ring (bicyclic) bond motifs is 1. The van der Waals surface area contributed by atoms with Crippen LogP contribution < -0.4 is 15.7 Å². The van der Waals surface area contributed by atoms with Crippen molar-refractivity contribution in [2.24, 2.45) is 0 Å². The number of methoxy groups -OCH3 is 1. The second kappa shape index (κ2) is 7.50. The molecule has 1 aliphatic rings. The van der Waals surface area contributed by atoms with Crippen LogP contribution in [-0.4, -0.2) is 34.1 Å². The number of aryl methyl sites for hydroxylation is 1. The third-order valence-corrected chi connectivity index (χ3v) is 5.35. The summed E-state index contributed by atoms with van der Waals surface area (Å²) >= 11 is 0. The quantitative estimate of drug-likeness (QED) is 0.533. The maximum atomic E-state index is 12.3. The molecule has 0 radical (unpaired) electrons. The summed E-state index contributed by atoms with van der Waals surface area (Å²) in [6.07, 6.45) is 1.44. The molecule has 0 fully saturated rings. The number of aromatic nitrogens is 2. The normalized spacial score (nSPS) is 15.2. The lowest BCUT2D eigenvalue weighted by Crippen LogP contribution is -2.36. The topological polar surface area (TPSA) is 107 Å². The molecule has 7 nitrogen and oxygen atoms in total. The van der Waals surface area contributed by atoms with Crippen molar-refractivity contribution in [2.75, 3.05) is 7.11 Å². The zero-order chi connectivity index (χ0) is 20.5. The number of carbonyl (C=O) groups excluding carboxylic acids is 1. The van der Waals surface area contributed by atoms with Crippen molar-refractivity contribution >= 4 is 5.91 Å². The van der Waals surface area contributed by atoms with Crippen LogP contribution in [0.15, 0.2) is 41.2 Å². The average molecular weight is 393 g/mol. The maximum Gasteiger partial charge on any atom is 0.325 e. The van der Waals surface area contributed by atoms with Gasteiger partial charge in [-0.25, -0.2) is 4.79 Å². The molecule has 0 aliphatic heterocycles. The Labute approximate surface area is 167 Å². The molecule has 2 aromatic carbocycles. The number of aromatic amines is 2. The van der Waals surface area contributed by atoms with Crippen LogP contribution in [0, 0.1) is 6.92 Å². The van der Waals surface area contributed by atoms with Crippen LogP contribution >= 0.6 is 0 Å². The van der Waals surface area contributed by atoms with E-state index in [9.17, 15) is 14.7 Å². The first kappa shape index (κ1) is 18.9. The van der Waals surface area contributed by atoms with Crippen molar-refractivity contribution in [1.82, 2.24) is 15.3 Å². The number of aromatic hydroxyl groups is 1. The van der Waals surface area contributed by atoms with Gasteiger partial charge in [0.15, 0.2) is 0 Å². The molecule has 4 rings (SSSR count). The van der Waals surface area contributed by atoms with E-state index in [-0.39, 0.29) is 29.9 Å². The summed E-state index contributed by atoms with van der Waals surface area (Å²) in [7, 11) is 1.67. The number of hydrogen-bond donors (Lipinski definition) is 4. The molecular weight excluding hydrogens is 370 g/mol. The lowest BCUT2D eigenvalue weighted by Gasteiger charge is -2.11. The SMILES string of the molecule is COc1ccc(-c2ccc3c(c2)CC(NC(=O)Cc2[nH]c(=O)[nH]c2O)C3)cc1C. The highest BCUT2D eigenvalue weighted by molar-refractivity contribution is 5.79. The first-order valence-electron chi connectivity index (χ1n) is 9.49. The molecule has 1 aliphatic carbocycles. The minimum atomic E-state index is -0.528. The Hall–Kier alpha value is -3.48. The fraction of sp³-hybridized carbons (Fsp3) is 0.273. The molecule has 0 bridgehead atoms. The largest absolute Gasteiger partial charge is 0.496 e. The number of benzene rings is 2. The summed E-state index contributed by atoms with van der Waals surface area (Å²) in [6.45, 7) is 2.02. The highest BCUT2D eigenvalue weighted by atomic mass is 16.5. The van der Waals surface area contributed by atoms with Crippen LogP contribution in [0.3, 0.4) is 0 Å². The van der Waals surface area contributed by atoms with Gasteiger partial charge in [0.2, 0.25) is 11.8 Å². The number of imidazole rings is 1. The van der Waals surface area contributed by atoms with Gasteiger partial charge in [-0.3, -0.25) is 9.78 Å². The Morgan fingerprint density at radius 2 is 1.86 bits per heavy atom. The van der Waals surface area contributed by atoms with Gasteiger partial charge < -0.3 is 20.1 Å². The highest BCUT2D eigenvalue weighted by Gasteiger charge is 2.24. The predicted octanol–water partition coefficient (Wildman–Crippen LogP) is 2.22. The van der Waals surface area contributed by atoms with Gasteiger partial charge >= 0.3 is 5.69 Å². The fourth-order valence-corrected chi connectivity index (χ4v) is 3.94. The summed E-state index contributed by atoms with van der Waals surface area (Å²) in [5, 5.41) is 12.6. The average Bonchev–Trinajstić information content (AvgIpc) is 3.22. The second-order valence-electron chi connectivity index (χ2n) is 7.42. The van der Waals surface area contributed by atoms with E-state index in [0.717, 1.165) is 35.3 Å². The van der Waals surface area contributed by atoms with Crippen LogP contribution in [0.2, 0.25) is 0 Å². The molecule has 29 heavy (non-hydrogen) atoms. The number of ether oxygens (including phenoxy) is 1. The molecular formula is C22H23N3O4. The second-order valence-corrected chi connectivity index (χ2v) is 7.42. The van der Waals surface area contributed by atoms with Gasteiger partial charge in [-0.2, -0.15) is 0 Å². The maximum absolute atomic E-state index is 12.3. The third kappa shape index (κ3) is 3.89. The first-order chi connectivity index (χ1) is 13.9. The summed E-state index contributed by atoms with van der Waals surface area (Å²) in [5.41, 5.74) is 5.46. The minimum absolute atomic E-state index is 0.00170. The highest BCUT2D eigenvalue weighted by Crippen LogP contribution is 2.30. The van der Waals surface area contributed by atoms with E-state index in [4.69, 9.17) is 4.74 Å². The van der Waals surface area contributed by atoms with Gasteiger partial charge in [0.05, 0.1) is 19.2 Å². The summed E-state index contributed by atoms with van der Waals surface area (Å²) in [5.74, 6) is 0.339. The van der Waals surface area contributed by atoms with Gasteiger partial charge in [-0.15, -0.1) is 0 Å². The first-order valence-corrected chi connectivity index (χ1v) is 9.49. The van der Waals surface area contributed by atoms with Crippen LogP contribution in [-0.2, 0) is 24.1 Å². The molecule has 7 heteroatoms. The smallest absolute Gasteiger partial charge is 0.325 e. The number of hydrogen-bond acceptors (Lipinski definition) is 4. The molecule has 150 valence electrons. The molecule has 1 unspecified atom stereocenters. The molecule has 0 saturated heterocycles. The molecule has 1 heterocycles. The third-order valence-electron chi connectivity index (χ3n) is 5.35. The van der Waals surface area contributed by atoms with Crippen LogP contribution in [0.1, 0.15) is 22.4 Å². The standard InChI is InChI=1S/C22H23N3O4/c1-12-7-13(5-6-19(12)29-2)14-3-4-15-9-17(10-16(15)8-14)23-20(26)11-18-21(27)25-22(28)24-18/h3-8,17,27H,9-11H2,1-2H3,(H,23,26)(H2,24,25,28). The van der Waals surface area contributed by atoms with E-state index in [0.29, 0.717) is 0 Å². The lowest BCUT2D eigenvalue weighted by molar-refractivity contribution is -0.121. The number of H-pyrrole nitrogens is 2. The van der Waals surface area contributed by atoms with E-state index in [1.54, 1.807) is 7.11 Å². The molecule has 3 aromatic rings. The van der Waals surface area contributed by atoms with Crippen LogP contribution in [0.5, 0.6) is 11.6 Å². The zero-order valence-corrected chi connectivity index (χ0v) is 16.3. The monoisotopic (exact) mass is 393 g/mol. The molecule has 0 spiro atoms. The van der Waals surface area contributed by atoms with E-state index < -0.39 is 5.69 Å². The van der Waals surface area contributed by atoms with Gasteiger partial charge in [-0.1, -0.05) is 24.3 Å². The Balaban J connectivity index is 1.44. The van der Waals surface area contributed by atoms with E-state index in [1.165, 1.54) is 11.1 Å². The number of carbonyl (C=O) groups is 1. The number of nitrogens with one attached hydrogen (secondary N) is 3. The molecule has 4 N–H and O–H groups in total. The molecule has 1 amide bonds. The Kier molecular flexibility index (Phi) is 4.88. The zero-order valence-electron chi connectivity index (χ0n) is 16.3. The molecule has 1 atom stereocenters. The van der Waals surface area contributed by atoms with Crippen molar-refractivity contribution < 1.29 is 14.6 Å². The van der Waals surface area contributed by atoms with Crippen LogP contribution in [0.4, 0.5) is 0 Å². The Bertz CT molecular complexity index is 1130. The van der Waals surface area contributed by atoms with Crippen LogP contribution in [0.25, 0.3) is 11.1 Å². The van der Waals surface area contributed by atoms with Gasteiger partial charge in [0.1, 0.15) is 5.75 Å². The van der Waals surface area contributed by atoms with Gasteiger partial charge in [-0.05, 0) is 59.7 Å². The van der Waals surface area contributed by atoms with Crippen molar-refractivity contribution in [3.63, 3.8) is 0 Å². The lowest BCUT2D eigenvalue weighted by atomic mass is 9.99.